The van der Waals surface area contributed by atoms with Gasteiger partial charge in [0, 0.05) is 0 Å². The molecule has 0 aromatic heterocycles. The van der Waals surface area contributed by atoms with Crippen LogP contribution in [0.25, 0.3) is 0 Å². The van der Waals surface area contributed by atoms with E-state index in [9.17, 15) is 13.2 Å². The lowest BCUT2D eigenvalue weighted by Gasteiger charge is -2.22. The summed E-state index contributed by atoms with van der Waals surface area (Å²) in [6.45, 7) is 2.82. The fourth-order valence-electron chi connectivity index (χ4n) is 1.33. The molecule has 0 amide bonds. The highest BCUT2D eigenvalue weighted by Crippen LogP contribution is 2.36. The first-order valence-corrected chi connectivity index (χ1v) is 4.54. The molecule has 1 rings (SSSR count). The Morgan fingerprint density at radius 1 is 1.00 bits per heavy atom. The zero-order valence-electron chi connectivity index (χ0n) is 8.18. The van der Waals surface area contributed by atoms with Gasteiger partial charge in [0.25, 0.3) is 0 Å². The SMILES string of the molecule is CC(c1ccccc1)[C@@H](C)C(F)(F)F. The molecule has 0 fully saturated rings. The summed E-state index contributed by atoms with van der Waals surface area (Å²) in [5.41, 5.74) is 0.734. The van der Waals surface area contributed by atoms with E-state index in [1.165, 1.54) is 6.92 Å². The monoisotopic (exact) mass is 202 g/mol. The average molecular weight is 202 g/mol. The third-order valence-corrected chi connectivity index (χ3v) is 2.59. The van der Waals surface area contributed by atoms with Crippen molar-refractivity contribution in [1.82, 2.24) is 0 Å². The lowest BCUT2D eigenvalue weighted by molar-refractivity contribution is -0.174. The molecule has 0 N–H and O–H groups in total. The zero-order chi connectivity index (χ0) is 10.8. The van der Waals surface area contributed by atoms with Crippen molar-refractivity contribution >= 4 is 0 Å². The fourth-order valence-corrected chi connectivity index (χ4v) is 1.33. The van der Waals surface area contributed by atoms with Crippen LogP contribution >= 0.6 is 0 Å². The van der Waals surface area contributed by atoms with Crippen LogP contribution in [-0.2, 0) is 0 Å². The maximum absolute atomic E-state index is 12.4. The summed E-state index contributed by atoms with van der Waals surface area (Å²) < 4.78 is 37.2. The predicted molar refractivity (Wildman–Crippen MR) is 50.1 cm³/mol. The van der Waals surface area contributed by atoms with Crippen LogP contribution in [0.3, 0.4) is 0 Å². The van der Waals surface area contributed by atoms with Crippen LogP contribution in [0, 0.1) is 5.92 Å². The zero-order valence-corrected chi connectivity index (χ0v) is 8.18. The van der Waals surface area contributed by atoms with E-state index in [2.05, 4.69) is 0 Å². The quantitative estimate of drug-likeness (QED) is 0.680. The molecule has 0 nitrogen and oxygen atoms in total. The topological polar surface area (TPSA) is 0 Å². The minimum absolute atomic E-state index is 0.490. The second-order valence-electron chi connectivity index (χ2n) is 3.53. The molecule has 0 aliphatic carbocycles. The molecule has 0 aliphatic rings. The van der Waals surface area contributed by atoms with E-state index in [-0.39, 0.29) is 0 Å². The summed E-state index contributed by atoms with van der Waals surface area (Å²) in [5, 5.41) is 0. The first kappa shape index (κ1) is 11.1. The van der Waals surface area contributed by atoms with Gasteiger partial charge in [-0.15, -0.1) is 0 Å². The Morgan fingerprint density at radius 2 is 1.50 bits per heavy atom. The van der Waals surface area contributed by atoms with E-state index in [0.717, 1.165) is 5.56 Å². The number of hydrogen-bond acceptors (Lipinski definition) is 0. The first-order chi connectivity index (χ1) is 6.43. The summed E-state index contributed by atoms with van der Waals surface area (Å²) in [6, 6.07) is 8.78. The Kier molecular flexibility index (Phi) is 3.19. The highest BCUT2D eigenvalue weighted by Gasteiger charge is 2.39. The van der Waals surface area contributed by atoms with Crippen LogP contribution < -0.4 is 0 Å². The van der Waals surface area contributed by atoms with Gasteiger partial charge in [-0.2, -0.15) is 13.2 Å². The largest absolute Gasteiger partial charge is 0.392 e. The van der Waals surface area contributed by atoms with Crippen molar-refractivity contribution in [2.24, 2.45) is 5.92 Å². The van der Waals surface area contributed by atoms with Gasteiger partial charge in [-0.3, -0.25) is 0 Å². The molecule has 1 aromatic carbocycles. The number of rotatable bonds is 2. The Hall–Kier alpha value is -0.990. The van der Waals surface area contributed by atoms with Crippen LogP contribution in [0.5, 0.6) is 0 Å². The summed E-state index contributed by atoms with van der Waals surface area (Å²) in [5.74, 6) is -1.79. The normalized spacial score (nSPS) is 16.4. The molecule has 0 saturated heterocycles. The molecule has 2 atom stereocenters. The summed E-state index contributed by atoms with van der Waals surface area (Å²) in [6.07, 6.45) is -4.12. The molecular formula is C11H13F3. The van der Waals surface area contributed by atoms with E-state index in [1.54, 1.807) is 37.3 Å². The summed E-state index contributed by atoms with van der Waals surface area (Å²) >= 11 is 0. The number of halogens is 3. The second kappa shape index (κ2) is 4.03. The van der Waals surface area contributed by atoms with Gasteiger partial charge in [-0.1, -0.05) is 44.2 Å². The van der Waals surface area contributed by atoms with Crippen molar-refractivity contribution < 1.29 is 13.2 Å². The van der Waals surface area contributed by atoms with Crippen molar-refractivity contribution in [3.63, 3.8) is 0 Å². The Labute approximate surface area is 81.8 Å². The van der Waals surface area contributed by atoms with Crippen molar-refractivity contribution in [2.45, 2.75) is 25.9 Å². The number of alkyl halides is 3. The van der Waals surface area contributed by atoms with Gasteiger partial charge in [0.05, 0.1) is 5.92 Å². The summed E-state index contributed by atoms with van der Waals surface area (Å²) in [4.78, 5) is 0. The third kappa shape index (κ3) is 2.50. The fraction of sp³-hybridized carbons (Fsp3) is 0.455. The van der Waals surface area contributed by atoms with Gasteiger partial charge >= 0.3 is 6.18 Å². The minimum atomic E-state index is -4.12. The third-order valence-electron chi connectivity index (χ3n) is 2.59. The molecule has 0 radical (unpaired) electrons. The molecule has 78 valence electrons. The molecule has 0 heterocycles. The van der Waals surface area contributed by atoms with Crippen LogP contribution in [0.2, 0.25) is 0 Å². The predicted octanol–water partition coefficient (Wildman–Crippen LogP) is 3.99. The first-order valence-electron chi connectivity index (χ1n) is 4.54. The van der Waals surface area contributed by atoms with E-state index in [0.29, 0.717) is 0 Å². The van der Waals surface area contributed by atoms with Crippen LogP contribution in [0.4, 0.5) is 13.2 Å². The molecular weight excluding hydrogens is 189 g/mol. The van der Waals surface area contributed by atoms with Gasteiger partial charge in [0.1, 0.15) is 0 Å². The van der Waals surface area contributed by atoms with Gasteiger partial charge in [-0.25, -0.2) is 0 Å². The minimum Gasteiger partial charge on any atom is -0.171 e. The van der Waals surface area contributed by atoms with Gasteiger partial charge in [0.15, 0.2) is 0 Å². The second-order valence-corrected chi connectivity index (χ2v) is 3.53. The van der Waals surface area contributed by atoms with Crippen LogP contribution in [0.1, 0.15) is 25.3 Å². The van der Waals surface area contributed by atoms with Gasteiger partial charge in [-0.05, 0) is 11.5 Å². The highest BCUT2D eigenvalue weighted by molar-refractivity contribution is 5.19. The molecule has 14 heavy (non-hydrogen) atoms. The Morgan fingerprint density at radius 3 is 1.93 bits per heavy atom. The molecule has 0 saturated carbocycles. The maximum atomic E-state index is 12.4. The van der Waals surface area contributed by atoms with Crippen molar-refractivity contribution in [3.05, 3.63) is 35.9 Å². The van der Waals surface area contributed by atoms with Gasteiger partial charge in [0.2, 0.25) is 0 Å². The van der Waals surface area contributed by atoms with Crippen LogP contribution in [0.15, 0.2) is 30.3 Å². The number of benzene rings is 1. The van der Waals surface area contributed by atoms with Crippen molar-refractivity contribution in [2.75, 3.05) is 0 Å². The average Bonchev–Trinajstić information content (AvgIpc) is 2.15. The van der Waals surface area contributed by atoms with Crippen molar-refractivity contribution in [3.8, 4) is 0 Å². The number of hydrogen-bond donors (Lipinski definition) is 0. The Balaban J connectivity index is 2.81. The molecule has 0 aliphatic heterocycles. The standard InChI is InChI=1S/C11H13F3/c1-8(9(2)11(12,13)14)10-6-4-3-5-7-10/h3-9H,1-2H3/t8?,9-/m1/s1. The highest BCUT2D eigenvalue weighted by atomic mass is 19.4. The van der Waals surface area contributed by atoms with E-state index in [4.69, 9.17) is 0 Å². The smallest absolute Gasteiger partial charge is 0.171 e. The lowest BCUT2D eigenvalue weighted by Crippen LogP contribution is -2.24. The lowest BCUT2D eigenvalue weighted by atomic mass is 9.88. The Bertz CT molecular complexity index is 276. The molecule has 3 heteroatoms. The summed E-state index contributed by atoms with van der Waals surface area (Å²) in [7, 11) is 0. The maximum Gasteiger partial charge on any atom is 0.392 e. The molecule has 1 aromatic rings. The van der Waals surface area contributed by atoms with E-state index in [1.807, 2.05) is 0 Å². The van der Waals surface area contributed by atoms with Gasteiger partial charge < -0.3 is 0 Å². The molecule has 0 bridgehead atoms. The van der Waals surface area contributed by atoms with Crippen molar-refractivity contribution in [1.29, 1.82) is 0 Å². The molecule has 0 spiro atoms. The van der Waals surface area contributed by atoms with E-state index >= 15 is 0 Å². The van der Waals surface area contributed by atoms with Crippen LogP contribution in [-0.4, -0.2) is 6.18 Å². The molecule has 1 unspecified atom stereocenters. The van der Waals surface area contributed by atoms with E-state index < -0.39 is 18.0 Å².